The van der Waals surface area contributed by atoms with Crippen LogP contribution in [0.25, 0.3) is 21.5 Å². The van der Waals surface area contributed by atoms with E-state index in [1.54, 1.807) is 0 Å². The molecule has 1 amide bonds. The Bertz CT molecular complexity index is 1070. The van der Waals surface area contributed by atoms with E-state index >= 15 is 0 Å². The molecule has 2 fully saturated rings. The largest absolute Gasteiger partial charge is 0.336 e. The van der Waals surface area contributed by atoms with E-state index in [4.69, 9.17) is 16.6 Å². The number of rotatable bonds is 5. The first-order chi connectivity index (χ1) is 15.2. The van der Waals surface area contributed by atoms with E-state index in [0.29, 0.717) is 0 Å². The molecule has 5 nitrogen and oxygen atoms in total. The molecule has 4 heterocycles. The average Bonchev–Trinajstić information content (AvgIpc) is 3.49. The molecule has 0 radical (unpaired) electrons. The van der Waals surface area contributed by atoms with Gasteiger partial charge in [0.1, 0.15) is 0 Å². The third-order valence-electron chi connectivity index (χ3n) is 6.36. The van der Waals surface area contributed by atoms with Crippen molar-refractivity contribution < 1.29 is 4.79 Å². The Morgan fingerprint density at radius 2 is 1.65 bits per heavy atom. The minimum atomic E-state index is 0.0988. The number of benzene rings is 1. The van der Waals surface area contributed by atoms with E-state index in [0.717, 1.165) is 70.6 Å². The van der Waals surface area contributed by atoms with Gasteiger partial charge < -0.3 is 9.80 Å². The zero-order valence-corrected chi connectivity index (χ0v) is 19.2. The lowest BCUT2D eigenvalue weighted by atomic mass is 10.1. The number of thiophene rings is 1. The van der Waals surface area contributed by atoms with Crippen LogP contribution < -0.4 is 0 Å². The number of carbonyl (C=O) groups excluding carboxylic acids is 1. The summed E-state index contributed by atoms with van der Waals surface area (Å²) in [6.07, 6.45) is 2.67. The number of carbonyl (C=O) groups is 1. The maximum absolute atomic E-state index is 13.5. The molecule has 3 aromatic rings. The molecule has 31 heavy (non-hydrogen) atoms. The number of amides is 1. The summed E-state index contributed by atoms with van der Waals surface area (Å²) in [5, 5.41) is 0.912. The lowest BCUT2D eigenvalue weighted by molar-refractivity contribution is 0.0628. The van der Waals surface area contributed by atoms with Gasteiger partial charge in [-0.05, 0) is 50.2 Å². The molecule has 5 rings (SSSR count). The summed E-state index contributed by atoms with van der Waals surface area (Å²) < 4.78 is 0.725. The quantitative estimate of drug-likeness (QED) is 0.570. The highest BCUT2D eigenvalue weighted by molar-refractivity contribution is 7.19. The van der Waals surface area contributed by atoms with Crippen molar-refractivity contribution in [2.24, 2.45) is 0 Å². The van der Waals surface area contributed by atoms with Crippen molar-refractivity contribution in [3.63, 3.8) is 0 Å². The normalized spacial score (nSPS) is 18.2. The molecule has 0 spiro atoms. The van der Waals surface area contributed by atoms with Crippen LogP contribution in [0.4, 0.5) is 0 Å². The summed E-state index contributed by atoms with van der Waals surface area (Å²) in [4.78, 5) is 26.3. The van der Waals surface area contributed by atoms with E-state index in [-0.39, 0.29) is 5.91 Å². The fraction of sp³-hybridized carbons (Fsp3) is 0.417. The van der Waals surface area contributed by atoms with Gasteiger partial charge in [-0.3, -0.25) is 9.69 Å². The minimum absolute atomic E-state index is 0.0988. The Labute approximate surface area is 192 Å². The fourth-order valence-corrected chi connectivity index (χ4v) is 5.57. The molecule has 0 N–H and O–H groups in total. The zero-order valence-electron chi connectivity index (χ0n) is 17.6. The van der Waals surface area contributed by atoms with E-state index in [1.165, 1.54) is 37.3 Å². The molecule has 1 aromatic carbocycles. The van der Waals surface area contributed by atoms with Gasteiger partial charge in [0.25, 0.3) is 5.91 Å². The van der Waals surface area contributed by atoms with Gasteiger partial charge in [0.05, 0.1) is 26.0 Å². The van der Waals surface area contributed by atoms with Crippen LogP contribution in [-0.4, -0.2) is 77.9 Å². The highest BCUT2D eigenvalue weighted by Crippen LogP contribution is 2.32. The summed E-state index contributed by atoms with van der Waals surface area (Å²) >= 11 is 7.63. The number of likely N-dealkylation sites (tertiary alicyclic amines) is 1. The van der Waals surface area contributed by atoms with Crippen LogP contribution in [0, 0.1) is 0 Å². The Balaban J connectivity index is 1.32. The number of hydrogen-bond donors (Lipinski definition) is 0. The Kier molecular flexibility index (Phi) is 6.23. The smallest absolute Gasteiger partial charge is 0.254 e. The van der Waals surface area contributed by atoms with Crippen molar-refractivity contribution in [1.82, 2.24) is 19.7 Å². The van der Waals surface area contributed by atoms with Crippen LogP contribution in [-0.2, 0) is 0 Å². The predicted octanol–water partition coefficient (Wildman–Crippen LogP) is 4.47. The van der Waals surface area contributed by atoms with Gasteiger partial charge >= 0.3 is 0 Å². The lowest BCUT2D eigenvalue weighted by Gasteiger charge is -2.35. The van der Waals surface area contributed by atoms with Crippen molar-refractivity contribution in [3.05, 3.63) is 52.4 Å². The number of halogens is 1. The molecule has 7 heteroatoms. The van der Waals surface area contributed by atoms with Crippen LogP contribution in [0.2, 0.25) is 4.34 Å². The molecule has 0 bridgehead atoms. The van der Waals surface area contributed by atoms with E-state index in [9.17, 15) is 4.79 Å². The van der Waals surface area contributed by atoms with Gasteiger partial charge in [-0.1, -0.05) is 29.8 Å². The molecule has 2 saturated heterocycles. The number of nitrogens with zero attached hydrogens (tertiary/aromatic N) is 4. The van der Waals surface area contributed by atoms with Gasteiger partial charge in [0.15, 0.2) is 0 Å². The van der Waals surface area contributed by atoms with E-state index in [2.05, 4.69) is 9.80 Å². The molecule has 0 unspecified atom stereocenters. The predicted molar refractivity (Wildman–Crippen MR) is 128 cm³/mol. The Morgan fingerprint density at radius 3 is 2.35 bits per heavy atom. The molecule has 162 valence electrons. The summed E-state index contributed by atoms with van der Waals surface area (Å²) in [6.45, 7) is 8.16. The first-order valence-electron chi connectivity index (χ1n) is 11.1. The molecule has 0 atom stereocenters. The van der Waals surface area contributed by atoms with Gasteiger partial charge in [0, 0.05) is 44.7 Å². The topological polar surface area (TPSA) is 39.7 Å². The number of aromatic nitrogens is 1. The molecule has 2 aliphatic heterocycles. The number of para-hydroxylation sites is 1. The molecule has 0 aliphatic carbocycles. The van der Waals surface area contributed by atoms with Crippen molar-refractivity contribution >= 4 is 39.7 Å². The van der Waals surface area contributed by atoms with Crippen molar-refractivity contribution in [2.45, 2.75) is 12.8 Å². The average molecular weight is 455 g/mol. The van der Waals surface area contributed by atoms with Crippen LogP contribution >= 0.6 is 22.9 Å². The van der Waals surface area contributed by atoms with Gasteiger partial charge in [-0.2, -0.15) is 0 Å². The molecule has 0 saturated carbocycles. The first kappa shape index (κ1) is 20.9. The van der Waals surface area contributed by atoms with Gasteiger partial charge in [-0.15, -0.1) is 11.3 Å². The van der Waals surface area contributed by atoms with Gasteiger partial charge in [-0.25, -0.2) is 4.98 Å². The lowest BCUT2D eigenvalue weighted by Crippen LogP contribution is -2.50. The zero-order chi connectivity index (χ0) is 21.2. The van der Waals surface area contributed by atoms with E-state index < -0.39 is 0 Å². The summed E-state index contributed by atoms with van der Waals surface area (Å²) in [5.74, 6) is 0.0988. The highest BCUT2D eigenvalue weighted by Gasteiger charge is 2.25. The second-order valence-corrected chi connectivity index (χ2v) is 10.1. The van der Waals surface area contributed by atoms with E-state index in [1.807, 2.05) is 47.4 Å². The number of fused-ring (bicyclic) bond motifs is 1. The minimum Gasteiger partial charge on any atom is -0.336 e. The summed E-state index contributed by atoms with van der Waals surface area (Å²) in [6, 6.07) is 13.7. The SMILES string of the molecule is O=C(c1cc(-c2ccc(Cl)s2)nc2ccccc12)N1CCN(CCN2CCCC2)CC1. The highest BCUT2D eigenvalue weighted by atomic mass is 35.5. The van der Waals surface area contributed by atoms with Gasteiger partial charge in [0.2, 0.25) is 0 Å². The second kappa shape index (κ2) is 9.25. The summed E-state index contributed by atoms with van der Waals surface area (Å²) in [7, 11) is 0. The van der Waals surface area contributed by atoms with Crippen LogP contribution in [0.3, 0.4) is 0 Å². The third kappa shape index (κ3) is 4.62. The standard InChI is InChI=1S/C24H27ClN4OS/c25-23-8-7-22(31-23)21-17-19(18-5-1-2-6-20(18)26-21)24(30)29-15-13-28(14-16-29)12-11-27-9-3-4-10-27/h1-2,5-8,17H,3-4,9-16H2. The Hall–Kier alpha value is -1.99. The van der Waals surface area contributed by atoms with Crippen molar-refractivity contribution in [3.8, 4) is 10.6 Å². The number of piperazine rings is 1. The first-order valence-corrected chi connectivity index (χ1v) is 12.3. The molecule has 2 aliphatic rings. The molecular formula is C24H27ClN4OS. The van der Waals surface area contributed by atoms with Crippen molar-refractivity contribution in [1.29, 1.82) is 0 Å². The van der Waals surface area contributed by atoms with Crippen molar-refractivity contribution in [2.75, 3.05) is 52.4 Å². The summed E-state index contributed by atoms with van der Waals surface area (Å²) in [5.41, 5.74) is 2.39. The van der Waals surface area contributed by atoms with Crippen LogP contribution in [0.15, 0.2) is 42.5 Å². The second-order valence-electron chi connectivity index (χ2n) is 8.36. The number of pyridine rings is 1. The maximum Gasteiger partial charge on any atom is 0.254 e. The van der Waals surface area contributed by atoms with Crippen LogP contribution in [0.1, 0.15) is 23.2 Å². The fourth-order valence-electron chi connectivity index (χ4n) is 4.56. The van der Waals surface area contributed by atoms with Crippen LogP contribution in [0.5, 0.6) is 0 Å². The third-order valence-corrected chi connectivity index (χ3v) is 7.62. The molecular weight excluding hydrogens is 428 g/mol. The number of hydrogen-bond acceptors (Lipinski definition) is 5. The Morgan fingerprint density at radius 1 is 0.935 bits per heavy atom. The maximum atomic E-state index is 13.5. The molecule has 2 aromatic heterocycles. The monoisotopic (exact) mass is 454 g/mol.